The first kappa shape index (κ1) is 15.8. The molecule has 0 bridgehead atoms. The van der Waals surface area contributed by atoms with Crippen LogP contribution >= 0.6 is 0 Å². The highest BCUT2D eigenvalue weighted by Gasteiger charge is 2.12. The maximum Gasteiger partial charge on any atom is 0.161 e. The Morgan fingerprint density at radius 3 is 1.64 bits per heavy atom. The Hall–Kier alpha value is -2.62. The number of hydrogen-bond donors (Lipinski definition) is 2. The number of aromatic hydroxyl groups is 2. The molecule has 2 rings (SSSR count). The van der Waals surface area contributed by atoms with Crippen molar-refractivity contribution in [1.82, 2.24) is 0 Å². The molecular formula is C18H20O4. The summed E-state index contributed by atoms with van der Waals surface area (Å²) in [4.78, 5) is 0. The molecule has 0 unspecified atom stereocenters. The van der Waals surface area contributed by atoms with Gasteiger partial charge in [0.25, 0.3) is 0 Å². The van der Waals surface area contributed by atoms with E-state index in [2.05, 4.69) is 6.58 Å². The highest BCUT2D eigenvalue weighted by molar-refractivity contribution is 5.49. The molecule has 0 saturated heterocycles. The zero-order valence-electron chi connectivity index (χ0n) is 12.8. The molecule has 0 heterocycles. The van der Waals surface area contributed by atoms with Crippen LogP contribution in [-0.4, -0.2) is 24.4 Å². The SMILES string of the molecule is C=C(Cc1cccc(OC)c1O)Cc1cccc(OC)c1O. The van der Waals surface area contributed by atoms with Crippen molar-refractivity contribution >= 4 is 0 Å². The second-order valence-corrected chi connectivity index (χ2v) is 5.04. The zero-order valence-corrected chi connectivity index (χ0v) is 12.8. The molecule has 0 radical (unpaired) electrons. The third-order valence-electron chi connectivity index (χ3n) is 3.49. The number of benzene rings is 2. The molecule has 2 N–H and O–H groups in total. The maximum atomic E-state index is 10.1. The van der Waals surface area contributed by atoms with Crippen LogP contribution in [0.4, 0.5) is 0 Å². The van der Waals surface area contributed by atoms with Crippen LogP contribution in [0.1, 0.15) is 11.1 Å². The second-order valence-electron chi connectivity index (χ2n) is 5.04. The van der Waals surface area contributed by atoms with Crippen LogP contribution in [0.3, 0.4) is 0 Å². The van der Waals surface area contributed by atoms with Gasteiger partial charge >= 0.3 is 0 Å². The van der Waals surface area contributed by atoms with E-state index in [1.165, 1.54) is 14.2 Å². The van der Waals surface area contributed by atoms with Crippen molar-refractivity contribution in [2.45, 2.75) is 12.8 Å². The first-order chi connectivity index (χ1) is 10.6. The molecule has 2 aromatic carbocycles. The summed E-state index contributed by atoms with van der Waals surface area (Å²) in [5, 5.41) is 20.2. The fourth-order valence-electron chi connectivity index (χ4n) is 2.35. The average molecular weight is 300 g/mol. The number of methoxy groups -OCH3 is 2. The molecular weight excluding hydrogens is 280 g/mol. The summed E-state index contributed by atoms with van der Waals surface area (Å²) in [6.07, 6.45) is 0.999. The number of rotatable bonds is 6. The fraction of sp³-hybridized carbons (Fsp3) is 0.222. The summed E-state index contributed by atoms with van der Waals surface area (Å²) in [6, 6.07) is 10.7. The number of phenolic OH excluding ortho intramolecular Hbond substituents is 2. The largest absolute Gasteiger partial charge is 0.504 e. The Labute approximate surface area is 130 Å². The van der Waals surface area contributed by atoms with Crippen molar-refractivity contribution < 1.29 is 19.7 Å². The van der Waals surface area contributed by atoms with Crippen molar-refractivity contribution in [2.75, 3.05) is 14.2 Å². The molecule has 0 aliphatic heterocycles. The van der Waals surface area contributed by atoms with Gasteiger partial charge in [-0.2, -0.15) is 0 Å². The molecule has 0 spiro atoms. The summed E-state index contributed by atoms with van der Waals surface area (Å²) in [7, 11) is 3.03. The monoisotopic (exact) mass is 300 g/mol. The lowest BCUT2D eigenvalue weighted by Crippen LogP contribution is -1.97. The van der Waals surface area contributed by atoms with E-state index in [9.17, 15) is 10.2 Å². The standard InChI is InChI=1S/C18H20O4/c1-12(10-13-6-4-8-15(21-2)17(13)19)11-14-7-5-9-16(22-3)18(14)20/h4-9,19-20H,1,10-11H2,2-3H3. The van der Waals surface area contributed by atoms with Gasteiger partial charge in [0.15, 0.2) is 23.0 Å². The summed E-state index contributed by atoms with van der Waals surface area (Å²) in [5.74, 6) is 1.13. The number of hydrogen-bond acceptors (Lipinski definition) is 4. The molecule has 2 aromatic rings. The second kappa shape index (κ2) is 6.89. The Balaban J connectivity index is 2.14. The van der Waals surface area contributed by atoms with Crippen LogP contribution in [0.5, 0.6) is 23.0 Å². The van der Waals surface area contributed by atoms with Gasteiger partial charge < -0.3 is 19.7 Å². The van der Waals surface area contributed by atoms with Crippen LogP contribution in [0.25, 0.3) is 0 Å². The van der Waals surface area contributed by atoms with Gasteiger partial charge in [-0.05, 0) is 25.0 Å². The van der Waals surface area contributed by atoms with E-state index < -0.39 is 0 Å². The highest BCUT2D eigenvalue weighted by Crippen LogP contribution is 2.33. The fourth-order valence-corrected chi connectivity index (χ4v) is 2.35. The highest BCUT2D eigenvalue weighted by atomic mass is 16.5. The lowest BCUT2D eigenvalue weighted by atomic mass is 9.98. The van der Waals surface area contributed by atoms with E-state index in [0.717, 1.165) is 16.7 Å². The van der Waals surface area contributed by atoms with Crippen LogP contribution in [0.15, 0.2) is 48.6 Å². The van der Waals surface area contributed by atoms with Crippen LogP contribution in [0, 0.1) is 0 Å². The number of phenols is 2. The molecule has 0 aliphatic rings. The minimum absolute atomic E-state index is 0.126. The normalized spacial score (nSPS) is 10.3. The predicted octanol–water partition coefficient (Wildman–Crippen LogP) is 3.46. The van der Waals surface area contributed by atoms with Gasteiger partial charge in [-0.25, -0.2) is 0 Å². The Kier molecular flexibility index (Phi) is 4.94. The molecule has 22 heavy (non-hydrogen) atoms. The minimum Gasteiger partial charge on any atom is -0.504 e. The third-order valence-corrected chi connectivity index (χ3v) is 3.49. The van der Waals surface area contributed by atoms with E-state index in [0.29, 0.717) is 24.3 Å². The molecule has 4 heteroatoms. The first-order valence-corrected chi connectivity index (χ1v) is 6.93. The lowest BCUT2D eigenvalue weighted by molar-refractivity contribution is 0.370. The molecule has 116 valence electrons. The quantitative estimate of drug-likeness (QED) is 0.802. The number of para-hydroxylation sites is 2. The molecule has 0 saturated carbocycles. The maximum absolute atomic E-state index is 10.1. The Bertz CT molecular complexity index is 619. The number of ether oxygens (including phenoxy) is 2. The van der Waals surface area contributed by atoms with Gasteiger partial charge in [-0.15, -0.1) is 0 Å². The van der Waals surface area contributed by atoms with E-state index in [1.54, 1.807) is 12.1 Å². The minimum atomic E-state index is 0.126. The molecule has 4 nitrogen and oxygen atoms in total. The summed E-state index contributed by atoms with van der Waals surface area (Å²) in [5.41, 5.74) is 2.35. The van der Waals surface area contributed by atoms with Crippen LogP contribution < -0.4 is 9.47 Å². The van der Waals surface area contributed by atoms with Gasteiger partial charge in [-0.1, -0.05) is 36.4 Å². The predicted molar refractivity (Wildman–Crippen MR) is 85.9 cm³/mol. The van der Waals surface area contributed by atoms with Crippen molar-refractivity contribution in [1.29, 1.82) is 0 Å². The molecule has 0 aromatic heterocycles. The Morgan fingerprint density at radius 1 is 0.864 bits per heavy atom. The Morgan fingerprint density at radius 2 is 1.27 bits per heavy atom. The van der Waals surface area contributed by atoms with Gasteiger partial charge in [0.1, 0.15) is 0 Å². The van der Waals surface area contributed by atoms with Gasteiger partial charge in [0, 0.05) is 11.1 Å². The van der Waals surface area contributed by atoms with Gasteiger partial charge in [0.05, 0.1) is 14.2 Å². The van der Waals surface area contributed by atoms with Crippen LogP contribution in [-0.2, 0) is 12.8 Å². The van der Waals surface area contributed by atoms with E-state index in [1.807, 2.05) is 24.3 Å². The number of allylic oxidation sites excluding steroid dienone is 1. The van der Waals surface area contributed by atoms with Crippen molar-refractivity contribution in [2.24, 2.45) is 0 Å². The zero-order chi connectivity index (χ0) is 16.1. The van der Waals surface area contributed by atoms with Crippen LogP contribution in [0.2, 0.25) is 0 Å². The topological polar surface area (TPSA) is 58.9 Å². The average Bonchev–Trinajstić information content (AvgIpc) is 2.51. The molecule has 0 fully saturated rings. The van der Waals surface area contributed by atoms with E-state index >= 15 is 0 Å². The summed E-state index contributed by atoms with van der Waals surface area (Å²) < 4.78 is 10.2. The molecule has 0 aliphatic carbocycles. The van der Waals surface area contributed by atoms with E-state index in [-0.39, 0.29) is 11.5 Å². The van der Waals surface area contributed by atoms with Crippen molar-refractivity contribution in [3.05, 3.63) is 59.7 Å². The van der Waals surface area contributed by atoms with Gasteiger partial charge in [0.2, 0.25) is 0 Å². The molecule has 0 atom stereocenters. The summed E-state index contributed by atoms with van der Waals surface area (Å²) >= 11 is 0. The lowest BCUT2D eigenvalue weighted by Gasteiger charge is -2.12. The van der Waals surface area contributed by atoms with E-state index in [4.69, 9.17) is 9.47 Å². The first-order valence-electron chi connectivity index (χ1n) is 6.93. The third kappa shape index (κ3) is 3.34. The smallest absolute Gasteiger partial charge is 0.161 e. The van der Waals surface area contributed by atoms with Crippen molar-refractivity contribution in [3.63, 3.8) is 0 Å². The summed E-state index contributed by atoms with van der Waals surface area (Å²) in [6.45, 7) is 4.03. The molecule has 0 amide bonds. The van der Waals surface area contributed by atoms with Gasteiger partial charge in [-0.3, -0.25) is 0 Å². The van der Waals surface area contributed by atoms with Crippen molar-refractivity contribution in [3.8, 4) is 23.0 Å².